The average Bonchev–Trinajstić information content (AvgIpc) is 2.56. The van der Waals surface area contributed by atoms with Crippen LogP contribution in [0.4, 0.5) is 11.8 Å². The summed E-state index contributed by atoms with van der Waals surface area (Å²) in [5, 5.41) is 4.32. The SMILES string of the molecule is CN(C)c1nccc(N2CCNC(c3ccc(Cl)cc3)C2)n1. The van der Waals surface area contributed by atoms with Crippen molar-refractivity contribution in [2.24, 2.45) is 0 Å². The quantitative estimate of drug-likeness (QED) is 0.941. The number of nitrogens with one attached hydrogen (secondary N) is 1. The highest BCUT2D eigenvalue weighted by Gasteiger charge is 2.22. The molecule has 1 fully saturated rings. The lowest BCUT2D eigenvalue weighted by Crippen LogP contribution is -2.46. The molecule has 1 saturated heterocycles. The molecular formula is C16H20ClN5. The van der Waals surface area contributed by atoms with Crippen molar-refractivity contribution < 1.29 is 0 Å². The molecule has 2 aromatic rings. The Morgan fingerprint density at radius 1 is 1.23 bits per heavy atom. The summed E-state index contributed by atoms with van der Waals surface area (Å²) in [4.78, 5) is 13.1. The molecule has 0 aliphatic carbocycles. The Morgan fingerprint density at radius 2 is 2.00 bits per heavy atom. The fourth-order valence-corrected chi connectivity index (χ4v) is 2.73. The zero-order valence-corrected chi connectivity index (χ0v) is 13.6. The number of benzene rings is 1. The van der Waals surface area contributed by atoms with Crippen LogP contribution < -0.4 is 15.1 Å². The first-order chi connectivity index (χ1) is 10.6. The van der Waals surface area contributed by atoms with Gasteiger partial charge in [0.2, 0.25) is 5.95 Å². The van der Waals surface area contributed by atoms with Gasteiger partial charge in [0.15, 0.2) is 0 Å². The van der Waals surface area contributed by atoms with Crippen molar-refractivity contribution >= 4 is 23.4 Å². The summed E-state index contributed by atoms with van der Waals surface area (Å²) in [7, 11) is 3.90. The minimum absolute atomic E-state index is 0.281. The lowest BCUT2D eigenvalue weighted by Gasteiger charge is -2.35. The van der Waals surface area contributed by atoms with E-state index in [0.717, 1.165) is 36.4 Å². The van der Waals surface area contributed by atoms with E-state index in [1.54, 1.807) is 0 Å². The van der Waals surface area contributed by atoms with Gasteiger partial charge in [-0.25, -0.2) is 4.98 Å². The van der Waals surface area contributed by atoms with Gasteiger partial charge in [-0.1, -0.05) is 23.7 Å². The number of piperazine rings is 1. The first-order valence-corrected chi connectivity index (χ1v) is 7.75. The van der Waals surface area contributed by atoms with E-state index in [1.165, 1.54) is 5.56 Å². The van der Waals surface area contributed by atoms with E-state index in [9.17, 15) is 0 Å². The summed E-state index contributed by atoms with van der Waals surface area (Å²) >= 11 is 5.97. The van der Waals surface area contributed by atoms with Crippen molar-refractivity contribution in [2.75, 3.05) is 43.5 Å². The Labute approximate surface area is 135 Å². The molecule has 0 spiro atoms. The monoisotopic (exact) mass is 317 g/mol. The smallest absolute Gasteiger partial charge is 0.226 e. The summed E-state index contributed by atoms with van der Waals surface area (Å²) in [6, 6.07) is 10.3. The Balaban J connectivity index is 1.78. The van der Waals surface area contributed by atoms with Crippen LogP contribution in [0.5, 0.6) is 0 Å². The number of rotatable bonds is 3. The Morgan fingerprint density at radius 3 is 2.73 bits per heavy atom. The molecule has 1 aromatic carbocycles. The maximum Gasteiger partial charge on any atom is 0.226 e. The summed E-state index contributed by atoms with van der Waals surface area (Å²) in [6.45, 7) is 2.74. The van der Waals surface area contributed by atoms with Crippen LogP contribution in [0, 0.1) is 0 Å². The molecule has 0 bridgehead atoms. The van der Waals surface area contributed by atoms with Gasteiger partial charge in [-0.15, -0.1) is 0 Å². The minimum Gasteiger partial charge on any atom is -0.353 e. The summed E-state index contributed by atoms with van der Waals surface area (Å²) in [5.41, 5.74) is 1.25. The summed E-state index contributed by atoms with van der Waals surface area (Å²) < 4.78 is 0. The average molecular weight is 318 g/mol. The molecule has 3 rings (SSSR count). The fourth-order valence-electron chi connectivity index (χ4n) is 2.61. The number of hydrogen-bond donors (Lipinski definition) is 1. The molecule has 2 heterocycles. The molecular weight excluding hydrogens is 298 g/mol. The third-order valence-corrected chi connectivity index (χ3v) is 4.05. The first kappa shape index (κ1) is 15.1. The predicted molar refractivity (Wildman–Crippen MR) is 90.8 cm³/mol. The molecule has 116 valence electrons. The van der Waals surface area contributed by atoms with Crippen molar-refractivity contribution in [2.45, 2.75) is 6.04 Å². The molecule has 1 aliphatic heterocycles. The molecule has 0 amide bonds. The van der Waals surface area contributed by atoms with E-state index in [4.69, 9.17) is 11.6 Å². The van der Waals surface area contributed by atoms with E-state index in [1.807, 2.05) is 43.4 Å². The minimum atomic E-state index is 0.281. The van der Waals surface area contributed by atoms with Gasteiger partial charge in [0.25, 0.3) is 0 Å². The Kier molecular flexibility index (Phi) is 4.45. The normalized spacial score (nSPS) is 18.3. The number of halogens is 1. The van der Waals surface area contributed by atoms with Crippen LogP contribution in [0.15, 0.2) is 36.5 Å². The van der Waals surface area contributed by atoms with Crippen LogP contribution in [0.1, 0.15) is 11.6 Å². The molecule has 0 radical (unpaired) electrons. The van der Waals surface area contributed by atoms with Crippen molar-refractivity contribution in [3.63, 3.8) is 0 Å². The van der Waals surface area contributed by atoms with Crippen molar-refractivity contribution in [3.05, 3.63) is 47.1 Å². The van der Waals surface area contributed by atoms with Gasteiger partial charge in [0.1, 0.15) is 5.82 Å². The van der Waals surface area contributed by atoms with Crippen LogP contribution in [-0.4, -0.2) is 43.7 Å². The number of anilines is 2. The maximum absolute atomic E-state index is 5.97. The maximum atomic E-state index is 5.97. The van der Waals surface area contributed by atoms with Crippen molar-refractivity contribution in [1.82, 2.24) is 15.3 Å². The van der Waals surface area contributed by atoms with Crippen molar-refractivity contribution in [3.8, 4) is 0 Å². The molecule has 22 heavy (non-hydrogen) atoms. The molecule has 5 nitrogen and oxygen atoms in total. The molecule has 1 N–H and O–H groups in total. The first-order valence-electron chi connectivity index (χ1n) is 7.37. The Hall–Kier alpha value is -1.85. The predicted octanol–water partition coefficient (Wildman–Crippen LogP) is 2.35. The van der Waals surface area contributed by atoms with E-state index in [0.29, 0.717) is 0 Å². The van der Waals surface area contributed by atoms with Crippen LogP contribution in [-0.2, 0) is 0 Å². The van der Waals surface area contributed by atoms with E-state index in [-0.39, 0.29) is 6.04 Å². The second kappa shape index (κ2) is 6.50. The largest absolute Gasteiger partial charge is 0.353 e. The lowest BCUT2D eigenvalue weighted by molar-refractivity contribution is 0.469. The highest BCUT2D eigenvalue weighted by molar-refractivity contribution is 6.30. The van der Waals surface area contributed by atoms with Gasteiger partial charge in [-0.05, 0) is 23.8 Å². The highest BCUT2D eigenvalue weighted by Crippen LogP contribution is 2.23. The van der Waals surface area contributed by atoms with E-state index < -0.39 is 0 Å². The third kappa shape index (κ3) is 3.31. The van der Waals surface area contributed by atoms with Gasteiger partial charge in [-0.2, -0.15) is 4.98 Å². The lowest BCUT2D eigenvalue weighted by atomic mass is 10.0. The second-order valence-electron chi connectivity index (χ2n) is 5.61. The zero-order valence-electron chi connectivity index (χ0n) is 12.8. The summed E-state index contributed by atoms with van der Waals surface area (Å²) in [6.07, 6.45) is 1.82. The molecule has 0 saturated carbocycles. The number of hydrogen-bond acceptors (Lipinski definition) is 5. The molecule has 1 aliphatic rings. The van der Waals surface area contributed by atoms with Crippen molar-refractivity contribution in [1.29, 1.82) is 0 Å². The summed E-state index contributed by atoms with van der Waals surface area (Å²) in [5.74, 6) is 1.71. The molecule has 6 heteroatoms. The van der Waals surface area contributed by atoms with Crippen LogP contribution >= 0.6 is 11.6 Å². The fraction of sp³-hybridized carbons (Fsp3) is 0.375. The van der Waals surface area contributed by atoms with Crippen LogP contribution in [0.3, 0.4) is 0 Å². The molecule has 1 atom stereocenters. The van der Waals surface area contributed by atoms with Crippen LogP contribution in [0.25, 0.3) is 0 Å². The van der Waals surface area contributed by atoms with Gasteiger partial charge in [0.05, 0.1) is 0 Å². The van der Waals surface area contributed by atoms with Crippen LogP contribution in [0.2, 0.25) is 5.02 Å². The van der Waals surface area contributed by atoms with E-state index >= 15 is 0 Å². The van der Waals surface area contributed by atoms with Gasteiger partial charge in [-0.3, -0.25) is 0 Å². The standard InChI is InChI=1S/C16H20ClN5/c1-21(2)16-19-8-7-15(20-16)22-10-9-18-14(11-22)12-3-5-13(17)6-4-12/h3-8,14,18H,9-11H2,1-2H3. The van der Waals surface area contributed by atoms with Gasteiger partial charge in [0, 0.05) is 51.0 Å². The van der Waals surface area contributed by atoms with E-state index in [2.05, 4.69) is 32.3 Å². The molecule has 1 aromatic heterocycles. The van der Waals surface area contributed by atoms with Gasteiger partial charge < -0.3 is 15.1 Å². The highest BCUT2D eigenvalue weighted by atomic mass is 35.5. The third-order valence-electron chi connectivity index (χ3n) is 3.80. The molecule has 1 unspecified atom stereocenters. The second-order valence-corrected chi connectivity index (χ2v) is 6.05. The topological polar surface area (TPSA) is 44.3 Å². The number of nitrogens with zero attached hydrogens (tertiary/aromatic N) is 4. The zero-order chi connectivity index (χ0) is 15.5. The Bertz CT molecular complexity index is 629. The van der Waals surface area contributed by atoms with Gasteiger partial charge >= 0.3 is 0 Å². The number of aromatic nitrogens is 2.